The van der Waals surface area contributed by atoms with Crippen LogP contribution in [-0.2, 0) is 13.2 Å². The molecule has 7 heteroatoms. The third-order valence-corrected chi connectivity index (χ3v) is 3.62. The molecular formula is C16H11F3N4. The predicted molar refractivity (Wildman–Crippen MR) is 77.4 cm³/mol. The van der Waals surface area contributed by atoms with Crippen molar-refractivity contribution in [1.29, 1.82) is 5.26 Å². The first kappa shape index (κ1) is 15.0. The number of pyridine rings is 1. The molecule has 0 saturated carbocycles. The number of aryl methyl sites for hydroxylation is 1. The summed E-state index contributed by atoms with van der Waals surface area (Å²) in [5, 5.41) is 9.45. The Kier molecular flexibility index (Phi) is 3.52. The number of rotatable bonds is 2. The molecule has 0 aliphatic carbocycles. The zero-order valence-electron chi connectivity index (χ0n) is 12.0. The molecule has 0 bridgehead atoms. The molecule has 3 aromatic rings. The largest absolute Gasteiger partial charge is 0.417 e. The van der Waals surface area contributed by atoms with Crippen molar-refractivity contribution in [3.05, 3.63) is 59.7 Å². The van der Waals surface area contributed by atoms with Gasteiger partial charge in [-0.25, -0.2) is 4.98 Å². The van der Waals surface area contributed by atoms with E-state index >= 15 is 0 Å². The third-order valence-electron chi connectivity index (χ3n) is 3.62. The Morgan fingerprint density at radius 3 is 2.48 bits per heavy atom. The van der Waals surface area contributed by atoms with Crippen LogP contribution >= 0.6 is 0 Å². The highest BCUT2D eigenvalue weighted by molar-refractivity contribution is 5.76. The van der Waals surface area contributed by atoms with Crippen LogP contribution in [0.1, 0.15) is 23.0 Å². The molecule has 0 aliphatic rings. The van der Waals surface area contributed by atoms with Gasteiger partial charge in [-0.15, -0.1) is 0 Å². The Balaban J connectivity index is 2.05. The van der Waals surface area contributed by atoms with Crippen LogP contribution in [0.4, 0.5) is 13.2 Å². The van der Waals surface area contributed by atoms with Gasteiger partial charge in [-0.3, -0.25) is 4.98 Å². The summed E-state index contributed by atoms with van der Waals surface area (Å²) in [7, 11) is 1.76. The highest BCUT2D eigenvalue weighted by Crippen LogP contribution is 2.30. The van der Waals surface area contributed by atoms with Gasteiger partial charge in [0.1, 0.15) is 11.7 Å². The average molecular weight is 316 g/mol. The van der Waals surface area contributed by atoms with Crippen LogP contribution in [0.15, 0.2) is 42.6 Å². The lowest BCUT2D eigenvalue weighted by Crippen LogP contribution is -2.10. The van der Waals surface area contributed by atoms with E-state index in [-0.39, 0.29) is 5.69 Å². The molecule has 0 saturated heterocycles. The van der Waals surface area contributed by atoms with Crippen molar-refractivity contribution in [3.63, 3.8) is 0 Å². The molecule has 0 radical (unpaired) electrons. The van der Waals surface area contributed by atoms with Crippen molar-refractivity contribution in [2.24, 2.45) is 7.05 Å². The molecule has 0 amide bonds. The molecule has 2 heterocycles. The van der Waals surface area contributed by atoms with Crippen LogP contribution in [0.3, 0.4) is 0 Å². The zero-order valence-corrected chi connectivity index (χ0v) is 12.0. The minimum atomic E-state index is -4.45. The van der Waals surface area contributed by atoms with Crippen molar-refractivity contribution < 1.29 is 13.2 Å². The molecule has 3 rings (SSSR count). The van der Waals surface area contributed by atoms with Crippen LogP contribution in [0.2, 0.25) is 0 Å². The van der Waals surface area contributed by atoms with Gasteiger partial charge < -0.3 is 4.57 Å². The predicted octanol–water partition coefficient (Wildman–Crippen LogP) is 3.64. The number of fused-ring (bicyclic) bond motifs is 1. The molecule has 116 valence electrons. The fraction of sp³-hybridized carbons (Fsp3) is 0.188. The summed E-state index contributed by atoms with van der Waals surface area (Å²) in [5.74, 6) is -0.393. The second-order valence-electron chi connectivity index (χ2n) is 5.05. The van der Waals surface area contributed by atoms with Crippen molar-refractivity contribution in [1.82, 2.24) is 14.5 Å². The first-order valence-electron chi connectivity index (χ1n) is 6.76. The number of benzene rings is 1. The third kappa shape index (κ3) is 2.63. The molecule has 0 fully saturated rings. The molecule has 1 aromatic carbocycles. The van der Waals surface area contributed by atoms with E-state index in [9.17, 15) is 18.4 Å². The molecule has 2 aromatic heterocycles. The number of para-hydroxylation sites is 2. The molecule has 0 aliphatic heterocycles. The second-order valence-corrected chi connectivity index (χ2v) is 5.05. The van der Waals surface area contributed by atoms with Crippen molar-refractivity contribution in [2.45, 2.75) is 12.1 Å². The van der Waals surface area contributed by atoms with E-state index in [1.807, 2.05) is 24.3 Å². The zero-order chi connectivity index (χ0) is 16.6. The number of nitrogens with zero attached hydrogens (tertiary/aromatic N) is 4. The summed E-state index contributed by atoms with van der Waals surface area (Å²) in [6.07, 6.45) is -3.71. The van der Waals surface area contributed by atoms with Gasteiger partial charge in [-0.1, -0.05) is 12.1 Å². The Labute approximate surface area is 129 Å². The van der Waals surface area contributed by atoms with Crippen LogP contribution < -0.4 is 0 Å². The second kappa shape index (κ2) is 5.39. The van der Waals surface area contributed by atoms with Gasteiger partial charge in [0.15, 0.2) is 0 Å². The van der Waals surface area contributed by atoms with Gasteiger partial charge in [-0.05, 0) is 24.3 Å². The quantitative estimate of drug-likeness (QED) is 0.725. The number of nitriles is 1. The van der Waals surface area contributed by atoms with E-state index in [1.165, 1.54) is 6.07 Å². The average Bonchev–Trinajstić information content (AvgIpc) is 2.85. The lowest BCUT2D eigenvalue weighted by Gasteiger charge is -2.11. The Morgan fingerprint density at radius 1 is 1.17 bits per heavy atom. The number of hydrogen-bond donors (Lipinski definition) is 0. The summed E-state index contributed by atoms with van der Waals surface area (Å²) in [6, 6.07) is 11.6. The topological polar surface area (TPSA) is 54.5 Å². The fourth-order valence-electron chi connectivity index (χ4n) is 2.42. The maximum atomic E-state index is 12.6. The summed E-state index contributed by atoms with van der Waals surface area (Å²) in [5.41, 5.74) is 0.952. The van der Waals surface area contributed by atoms with Crippen LogP contribution in [-0.4, -0.2) is 14.5 Å². The molecule has 4 nitrogen and oxygen atoms in total. The summed E-state index contributed by atoms with van der Waals surface area (Å²) >= 11 is 0. The minimum absolute atomic E-state index is 0.235. The highest BCUT2D eigenvalue weighted by atomic mass is 19.4. The Morgan fingerprint density at radius 2 is 1.91 bits per heavy atom. The lowest BCUT2D eigenvalue weighted by atomic mass is 10.0. The number of imidazole rings is 1. The van der Waals surface area contributed by atoms with Gasteiger partial charge in [0, 0.05) is 13.2 Å². The van der Waals surface area contributed by atoms with Crippen molar-refractivity contribution in [2.75, 3.05) is 0 Å². The van der Waals surface area contributed by atoms with E-state index in [0.717, 1.165) is 23.3 Å². The van der Waals surface area contributed by atoms with E-state index in [2.05, 4.69) is 16.0 Å². The lowest BCUT2D eigenvalue weighted by molar-refractivity contribution is -0.137. The molecular weight excluding hydrogens is 305 g/mol. The van der Waals surface area contributed by atoms with E-state index in [4.69, 9.17) is 0 Å². The van der Waals surface area contributed by atoms with Crippen molar-refractivity contribution in [3.8, 4) is 6.07 Å². The number of halogens is 3. The maximum absolute atomic E-state index is 12.6. The van der Waals surface area contributed by atoms with Crippen LogP contribution in [0, 0.1) is 11.3 Å². The van der Waals surface area contributed by atoms with Gasteiger partial charge >= 0.3 is 6.18 Å². The molecule has 0 N–H and O–H groups in total. The smallest absolute Gasteiger partial charge is 0.330 e. The first-order valence-corrected chi connectivity index (χ1v) is 6.76. The number of alkyl halides is 3. The van der Waals surface area contributed by atoms with E-state index in [1.54, 1.807) is 11.6 Å². The van der Waals surface area contributed by atoms with Gasteiger partial charge in [0.2, 0.25) is 0 Å². The normalized spacial score (nSPS) is 13.0. The summed E-state index contributed by atoms with van der Waals surface area (Å²) in [4.78, 5) is 8.22. The summed E-state index contributed by atoms with van der Waals surface area (Å²) in [6.45, 7) is 0. The highest BCUT2D eigenvalue weighted by Gasteiger charge is 2.31. The molecule has 0 spiro atoms. The Bertz CT molecular complexity index is 888. The van der Waals surface area contributed by atoms with Gasteiger partial charge in [-0.2, -0.15) is 18.4 Å². The first-order chi connectivity index (χ1) is 10.9. The van der Waals surface area contributed by atoms with Gasteiger partial charge in [0.05, 0.1) is 28.4 Å². The number of hydrogen-bond acceptors (Lipinski definition) is 3. The fourth-order valence-corrected chi connectivity index (χ4v) is 2.42. The van der Waals surface area contributed by atoms with Crippen LogP contribution in [0.25, 0.3) is 11.0 Å². The molecule has 1 unspecified atom stereocenters. The standard InChI is InChI=1S/C16H11F3N4/c1-23-14-5-3-2-4-13(14)22-15(23)11(8-20)12-7-6-10(9-21-12)16(17,18)19/h2-7,9,11H,1H3. The monoisotopic (exact) mass is 316 g/mol. The molecule has 1 atom stereocenters. The Hall–Kier alpha value is -2.88. The van der Waals surface area contributed by atoms with E-state index in [0.29, 0.717) is 5.82 Å². The SMILES string of the molecule is Cn1c(C(C#N)c2ccc(C(F)(F)F)cn2)nc2ccccc21. The van der Waals surface area contributed by atoms with Gasteiger partial charge in [0.25, 0.3) is 0 Å². The maximum Gasteiger partial charge on any atom is 0.417 e. The van der Waals surface area contributed by atoms with Crippen LogP contribution in [0.5, 0.6) is 0 Å². The number of aromatic nitrogens is 3. The minimum Gasteiger partial charge on any atom is -0.330 e. The van der Waals surface area contributed by atoms with Crippen molar-refractivity contribution >= 4 is 11.0 Å². The summed E-state index contributed by atoms with van der Waals surface area (Å²) < 4.78 is 39.6. The molecule has 23 heavy (non-hydrogen) atoms. The van der Waals surface area contributed by atoms with E-state index < -0.39 is 17.7 Å².